The fraction of sp³-hybridized carbons (Fsp3) is 0.576. The Balaban J connectivity index is 1.48. The van der Waals surface area contributed by atoms with Crippen LogP contribution in [0.2, 0.25) is 0 Å². The fourth-order valence-corrected chi connectivity index (χ4v) is 6.86. The highest BCUT2D eigenvalue weighted by Crippen LogP contribution is 2.45. The summed E-state index contributed by atoms with van der Waals surface area (Å²) in [6.45, 7) is 10.2. The van der Waals surface area contributed by atoms with Gasteiger partial charge >= 0.3 is 0 Å². The van der Waals surface area contributed by atoms with Crippen LogP contribution in [-0.2, 0) is 20.8 Å². The number of nitrogens with zero attached hydrogens (tertiary/aromatic N) is 2. The van der Waals surface area contributed by atoms with Crippen molar-refractivity contribution in [3.8, 4) is 5.88 Å². The number of ether oxygens (including phenoxy) is 1. The number of rotatable bonds is 5. The monoisotopic (exact) mass is 607 g/mol. The predicted octanol–water partition coefficient (Wildman–Crippen LogP) is 4.11. The van der Waals surface area contributed by atoms with Crippen LogP contribution in [0.3, 0.4) is 0 Å². The Kier molecular flexibility index (Phi) is 9.66. The number of aryl methyl sites for hydroxylation is 1. The van der Waals surface area contributed by atoms with E-state index >= 15 is 0 Å². The van der Waals surface area contributed by atoms with Crippen molar-refractivity contribution >= 4 is 41.3 Å². The number of thiol groups is 1. The number of hydrogen-bond donors (Lipinski definition) is 4. The summed E-state index contributed by atoms with van der Waals surface area (Å²) in [7, 11) is 0. The molecule has 1 aromatic heterocycles. The van der Waals surface area contributed by atoms with Gasteiger partial charge in [-0.25, -0.2) is 4.98 Å². The molecule has 1 aromatic carbocycles. The second-order valence-electron chi connectivity index (χ2n) is 12.8. The fourth-order valence-electron chi connectivity index (χ4n) is 6.66. The lowest BCUT2D eigenvalue weighted by molar-refractivity contribution is -0.142. The van der Waals surface area contributed by atoms with Crippen LogP contribution in [0.4, 0.5) is 0 Å². The summed E-state index contributed by atoms with van der Waals surface area (Å²) in [5.41, 5.74) is 0.133. The number of fused-ring (bicyclic) bond motifs is 3. The van der Waals surface area contributed by atoms with Crippen LogP contribution < -0.4 is 20.1 Å². The van der Waals surface area contributed by atoms with Crippen LogP contribution in [0.15, 0.2) is 43.1 Å². The molecule has 10 heteroatoms. The molecule has 9 nitrogen and oxygen atoms in total. The minimum absolute atomic E-state index is 0.0114. The smallest absolute Gasteiger partial charge is 0.256 e. The van der Waals surface area contributed by atoms with Gasteiger partial charge in [-0.3, -0.25) is 14.4 Å². The van der Waals surface area contributed by atoms with Crippen LogP contribution in [0.1, 0.15) is 71.3 Å². The molecule has 0 spiro atoms. The van der Waals surface area contributed by atoms with Gasteiger partial charge in [0.25, 0.3) is 5.91 Å². The van der Waals surface area contributed by atoms with Crippen molar-refractivity contribution in [3.63, 3.8) is 0 Å². The molecule has 5 rings (SSSR count). The molecule has 2 aliphatic heterocycles. The van der Waals surface area contributed by atoms with Crippen LogP contribution in [0.5, 0.6) is 5.88 Å². The van der Waals surface area contributed by atoms with E-state index < -0.39 is 23.7 Å². The van der Waals surface area contributed by atoms with Gasteiger partial charge in [-0.15, -0.1) is 6.58 Å². The molecule has 1 saturated carbocycles. The molecule has 4 bridgehead atoms. The van der Waals surface area contributed by atoms with Crippen LogP contribution in [0, 0.1) is 11.8 Å². The van der Waals surface area contributed by atoms with E-state index in [2.05, 4.69) is 64.9 Å². The predicted molar refractivity (Wildman–Crippen MR) is 171 cm³/mol. The summed E-state index contributed by atoms with van der Waals surface area (Å²) in [6, 6.07) is 7.29. The highest BCUT2D eigenvalue weighted by Gasteiger charge is 2.60. The van der Waals surface area contributed by atoms with E-state index in [0.29, 0.717) is 12.3 Å². The molecule has 43 heavy (non-hydrogen) atoms. The molecule has 2 fully saturated rings. The second kappa shape index (κ2) is 13.3. The maximum absolute atomic E-state index is 14.2. The standard InChI is InChI=1S/C33H45N5O4S/c1-5-24-18-33(24,32(41)37-43)36-29(39)27-17-25-19-38(27)31(40)28(20(2)3)35-21(4)10-8-6-7-9-11-22-12-13-23-14-15-34-30(42-25)26(23)16-22/h5,12-16,20-21,24-25,27-28,35,43H,1,6-11,17-19H2,2-4H3,(H,36,39)(H,37,41)/t21?,24-,25-,27+,28+,33-/m1/s1. The van der Waals surface area contributed by atoms with Gasteiger partial charge in [-0.05, 0) is 61.6 Å². The zero-order valence-electron chi connectivity index (χ0n) is 25.5. The SMILES string of the molecule is C=C[C@@H]1C[C@]1(NC(=O)[C@@H]1C[C@@H]2CN1C(=O)[C@H](C(C)C)NC(C)CCCCCCc1ccc3ccnc(c3c1)O2)C(=O)NS. The van der Waals surface area contributed by atoms with E-state index in [1.165, 1.54) is 5.56 Å². The molecule has 1 aliphatic carbocycles. The van der Waals surface area contributed by atoms with Crippen molar-refractivity contribution < 1.29 is 19.1 Å². The number of benzene rings is 1. The van der Waals surface area contributed by atoms with E-state index in [1.807, 2.05) is 19.9 Å². The number of aromatic nitrogens is 1. The molecule has 0 radical (unpaired) electrons. The summed E-state index contributed by atoms with van der Waals surface area (Å²) >= 11 is 3.95. The maximum atomic E-state index is 14.2. The van der Waals surface area contributed by atoms with E-state index in [0.717, 1.165) is 49.3 Å². The van der Waals surface area contributed by atoms with Crippen molar-refractivity contribution in [1.82, 2.24) is 25.2 Å². The van der Waals surface area contributed by atoms with E-state index in [1.54, 1.807) is 17.2 Å². The van der Waals surface area contributed by atoms with Crippen LogP contribution in [0.25, 0.3) is 10.8 Å². The van der Waals surface area contributed by atoms with Crippen molar-refractivity contribution in [3.05, 3.63) is 48.7 Å². The van der Waals surface area contributed by atoms with Crippen molar-refractivity contribution in [2.24, 2.45) is 11.8 Å². The molecule has 1 saturated heterocycles. The van der Waals surface area contributed by atoms with Gasteiger partial charge < -0.3 is 25.0 Å². The number of carbonyl (C=O) groups is 3. The molecular formula is C33H45N5O4S. The summed E-state index contributed by atoms with van der Waals surface area (Å²) < 4.78 is 8.88. The zero-order valence-corrected chi connectivity index (χ0v) is 26.4. The first-order valence-corrected chi connectivity index (χ1v) is 16.1. The summed E-state index contributed by atoms with van der Waals surface area (Å²) in [5, 5.41) is 8.50. The largest absolute Gasteiger partial charge is 0.472 e. The third-order valence-corrected chi connectivity index (χ3v) is 9.53. The Morgan fingerprint density at radius 2 is 2.02 bits per heavy atom. The molecule has 2 aromatic rings. The number of carbonyl (C=O) groups excluding carboxylic acids is 3. The lowest BCUT2D eigenvalue weighted by Crippen LogP contribution is -2.58. The summed E-state index contributed by atoms with van der Waals surface area (Å²) in [4.78, 5) is 47.1. The average Bonchev–Trinajstić information content (AvgIpc) is 3.55. The van der Waals surface area contributed by atoms with Gasteiger partial charge in [0.1, 0.15) is 17.7 Å². The molecule has 3 aliphatic rings. The second-order valence-corrected chi connectivity index (χ2v) is 13.1. The van der Waals surface area contributed by atoms with Gasteiger partial charge in [-0.1, -0.05) is 64.1 Å². The molecule has 1 unspecified atom stereocenters. The molecule has 232 valence electrons. The molecule has 3 amide bonds. The number of nitrogens with one attached hydrogen (secondary N) is 3. The Labute approximate surface area is 260 Å². The minimum Gasteiger partial charge on any atom is -0.472 e. The molecule has 3 heterocycles. The third kappa shape index (κ3) is 6.70. The first-order valence-electron chi connectivity index (χ1n) is 15.7. The average molecular weight is 608 g/mol. The van der Waals surface area contributed by atoms with Crippen molar-refractivity contribution in [2.75, 3.05) is 6.54 Å². The quantitative estimate of drug-likeness (QED) is 0.301. The topological polar surface area (TPSA) is 113 Å². The first-order chi connectivity index (χ1) is 20.7. The zero-order chi connectivity index (χ0) is 30.7. The van der Waals surface area contributed by atoms with Gasteiger partial charge in [0.05, 0.1) is 12.6 Å². The number of pyridine rings is 1. The molecular weight excluding hydrogens is 562 g/mol. The maximum Gasteiger partial charge on any atom is 0.256 e. The number of hydrogen-bond acceptors (Lipinski definition) is 7. The first kappa shape index (κ1) is 31.3. The minimum atomic E-state index is -1.11. The Hall–Kier alpha value is -3.11. The lowest BCUT2D eigenvalue weighted by Gasteiger charge is -2.32. The van der Waals surface area contributed by atoms with E-state index in [-0.39, 0.29) is 48.6 Å². The highest BCUT2D eigenvalue weighted by atomic mass is 32.1. The van der Waals surface area contributed by atoms with Gasteiger partial charge in [0.15, 0.2) is 0 Å². The van der Waals surface area contributed by atoms with E-state index in [4.69, 9.17) is 4.74 Å². The van der Waals surface area contributed by atoms with Crippen LogP contribution >= 0.6 is 12.8 Å². The molecule has 3 N–H and O–H groups in total. The van der Waals surface area contributed by atoms with Gasteiger partial charge in [0, 0.05) is 30.0 Å². The normalized spacial score (nSPS) is 29.9. The number of amides is 3. The van der Waals surface area contributed by atoms with Gasteiger partial charge in [0.2, 0.25) is 17.7 Å². The van der Waals surface area contributed by atoms with Gasteiger partial charge in [-0.2, -0.15) is 0 Å². The van der Waals surface area contributed by atoms with Crippen LogP contribution in [-0.4, -0.2) is 63.9 Å². The third-order valence-electron chi connectivity index (χ3n) is 9.32. The Morgan fingerprint density at radius 3 is 2.74 bits per heavy atom. The van der Waals surface area contributed by atoms with Crippen molar-refractivity contribution in [2.45, 2.75) is 102 Å². The summed E-state index contributed by atoms with van der Waals surface area (Å²) in [6.07, 6.45) is 10.1. The van der Waals surface area contributed by atoms with E-state index in [9.17, 15) is 14.4 Å². The van der Waals surface area contributed by atoms with Crippen molar-refractivity contribution in [1.29, 1.82) is 0 Å². The Morgan fingerprint density at radius 1 is 1.23 bits per heavy atom. The Bertz CT molecular complexity index is 1370. The highest BCUT2D eigenvalue weighted by molar-refractivity contribution is 7.78. The lowest BCUT2D eigenvalue weighted by atomic mass is 9.99. The summed E-state index contributed by atoms with van der Waals surface area (Å²) in [5.74, 6) is -0.588. The molecule has 6 atom stereocenters.